The van der Waals surface area contributed by atoms with Crippen molar-refractivity contribution in [2.24, 2.45) is 11.8 Å². The van der Waals surface area contributed by atoms with E-state index in [4.69, 9.17) is 5.11 Å². The van der Waals surface area contributed by atoms with Crippen molar-refractivity contribution in [1.29, 1.82) is 0 Å². The van der Waals surface area contributed by atoms with E-state index in [2.05, 4.69) is 0 Å². The maximum absolute atomic E-state index is 11.9. The summed E-state index contributed by atoms with van der Waals surface area (Å²) in [5, 5.41) is 27.7. The van der Waals surface area contributed by atoms with Crippen LogP contribution in [0.3, 0.4) is 0 Å². The summed E-state index contributed by atoms with van der Waals surface area (Å²) in [5.41, 5.74) is 0. The fraction of sp³-hybridized carbons (Fsp3) is 0.750. The van der Waals surface area contributed by atoms with Gasteiger partial charge in [0, 0.05) is 24.7 Å². The number of carbonyl (C=O) groups excluding carboxylic acids is 1. The SMILES string of the molecule is CC(O)/C=C/C1C(O)CC(=O)C1CCCCCCC(=O)O. The highest BCUT2D eigenvalue weighted by molar-refractivity contribution is 5.84. The minimum atomic E-state index is -0.771. The lowest BCUT2D eigenvalue weighted by atomic mass is 9.88. The smallest absolute Gasteiger partial charge is 0.303 e. The average molecular weight is 298 g/mol. The van der Waals surface area contributed by atoms with Crippen LogP contribution in [0.15, 0.2) is 12.2 Å². The highest BCUT2D eigenvalue weighted by Gasteiger charge is 2.39. The minimum Gasteiger partial charge on any atom is -0.481 e. The van der Waals surface area contributed by atoms with Crippen molar-refractivity contribution in [1.82, 2.24) is 0 Å². The molecule has 5 heteroatoms. The summed E-state index contributed by atoms with van der Waals surface area (Å²) >= 11 is 0. The van der Waals surface area contributed by atoms with E-state index >= 15 is 0 Å². The summed E-state index contributed by atoms with van der Waals surface area (Å²) in [6.45, 7) is 1.64. The monoisotopic (exact) mass is 298 g/mol. The van der Waals surface area contributed by atoms with E-state index in [1.165, 1.54) is 0 Å². The minimum absolute atomic E-state index is 0.0910. The van der Waals surface area contributed by atoms with E-state index in [0.29, 0.717) is 6.42 Å². The van der Waals surface area contributed by atoms with Crippen molar-refractivity contribution < 1.29 is 24.9 Å². The number of hydrogen-bond donors (Lipinski definition) is 3. The first-order chi connectivity index (χ1) is 9.91. The molecule has 1 aliphatic carbocycles. The van der Waals surface area contributed by atoms with Gasteiger partial charge in [-0.3, -0.25) is 9.59 Å². The van der Waals surface area contributed by atoms with Crippen LogP contribution in [0, 0.1) is 11.8 Å². The molecule has 4 atom stereocenters. The Morgan fingerprint density at radius 1 is 1.33 bits per heavy atom. The number of ketones is 1. The lowest BCUT2D eigenvalue weighted by Gasteiger charge is -2.17. The lowest BCUT2D eigenvalue weighted by molar-refractivity contribution is -0.137. The summed E-state index contributed by atoms with van der Waals surface area (Å²) in [5.74, 6) is -1.05. The van der Waals surface area contributed by atoms with Crippen molar-refractivity contribution in [2.75, 3.05) is 0 Å². The molecule has 1 saturated carbocycles. The van der Waals surface area contributed by atoms with Crippen molar-refractivity contribution in [3.63, 3.8) is 0 Å². The first-order valence-corrected chi connectivity index (χ1v) is 7.70. The van der Waals surface area contributed by atoms with E-state index in [9.17, 15) is 19.8 Å². The first kappa shape index (κ1) is 17.9. The molecular formula is C16H26O5. The molecule has 1 aliphatic rings. The fourth-order valence-electron chi connectivity index (χ4n) is 2.88. The molecule has 0 heterocycles. The summed E-state index contributed by atoms with van der Waals surface area (Å²) in [6.07, 6.45) is 6.54. The van der Waals surface area contributed by atoms with Crippen LogP contribution in [0.1, 0.15) is 51.9 Å². The van der Waals surface area contributed by atoms with Gasteiger partial charge in [0.25, 0.3) is 0 Å². The highest BCUT2D eigenvalue weighted by atomic mass is 16.4. The number of hydrogen-bond acceptors (Lipinski definition) is 4. The largest absolute Gasteiger partial charge is 0.481 e. The zero-order valence-electron chi connectivity index (χ0n) is 12.6. The van der Waals surface area contributed by atoms with Gasteiger partial charge in [-0.2, -0.15) is 0 Å². The zero-order chi connectivity index (χ0) is 15.8. The molecule has 0 saturated heterocycles. The van der Waals surface area contributed by atoms with Gasteiger partial charge in [0.05, 0.1) is 12.2 Å². The molecule has 0 aliphatic heterocycles. The Labute approximate surface area is 125 Å². The molecule has 0 bridgehead atoms. The summed E-state index contributed by atoms with van der Waals surface area (Å²) in [7, 11) is 0. The van der Waals surface area contributed by atoms with Crippen LogP contribution in [0.25, 0.3) is 0 Å². The van der Waals surface area contributed by atoms with Gasteiger partial charge in [-0.05, 0) is 19.8 Å². The number of aliphatic carboxylic acids is 1. The Hall–Kier alpha value is -1.20. The van der Waals surface area contributed by atoms with Crippen molar-refractivity contribution in [2.45, 2.75) is 64.1 Å². The van der Waals surface area contributed by atoms with Crippen LogP contribution in [0.2, 0.25) is 0 Å². The van der Waals surface area contributed by atoms with Crippen LogP contribution in [0.4, 0.5) is 0 Å². The normalized spacial score (nSPS) is 27.4. The van der Waals surface area contributed by atoms with Gasteiger partial charge < -0.3 is 15.3 Å². The van der Waals surface area contributed by atoms with Crippen LogP contribution >= 0.6 is 0 Å². The second-order valence-electron chi connectivity index (χ2n) is 5.89. The zero-order valence-corrected chi connectivity index (χ0v) is 12.6. The van der Waals surface area contributed by atoms with Gasteiger partial charge in [0.15, 0.2) is 0 Å². The van der Waals surface area contributed by atoms with Crippen molar-refractivity contribution in [3.05, 3.63) is 12.2 Å². The molecular weight excluding hydrogens is 272 g/mol. The number of aliphatic hydroxyl groups is 2. The third-order valence-corrected chi connectivity index (χ3v) is 4.00. The van der Waals surface area contributed by atoms with E-state index in [0.717, 1.165) is 25.7 Å². The third kappa shape index (κ3) is 6.40. The third-order valence-electron chi connectivity index (χ3n) is 4.00. The molecule has 21 heavy (non-hydrogen) atoms. The van der Waals surface area contributed by atoms with Crippen LogP contribution < -0.4 is 0 Å². The Morgan fingerprint density at radius 2 is 2.00 bits per heavy atom. The molecule has 1 rings (SSSR count). The van der Waals surface area contributed by atoms with E-state index < -0.39 is 18.2 Å². The van der Waals surface area contributed by atoms with E-state index in [-0.39, 0.29) is 30.5 Å². The van der Waals surface area contributed by atoms with Crippen molar-refractivity contribution >= 4 is 11.8 Å². The maximum atomic E-state index is 11.9. The number of unbranched alkanes of at least 4 members (excludes halogenated alkanes) is 3. The van der Waals surface area contributed by atoms with Crippen molar-refractivity contribution in [3.8, 4) is 0 Å². The van der Waals surface area contributed by atoms with Crippen LogP contribution in [-0.4, -0.2) is 39.3 Å². The lowest BCUT2D eigenvalue weighted by Crippen LogP contribution is -2.19. The Balaban J connectivity index is 2.36. The quantitative estimate of drug-likeness (QED) is 0.446. The molecule has 1 fully saturated rings. The Kier molecular flexibility index (Phi) is 7.61. The van der Waals surface area contributed by atoms with E-state index in [1.54, 1.807) is 19.1 Å². The first-order valence-electron chi connectivity index (χ1n) is 7.70. The number of carboxylic acid groups (broad SMARTS) is 1. The second-order valence-corrected chi connectivity index (χ2v) is 5.89. The molecule has 0 radical (unpaired) electrons. The Morgan fingerprint density at radius 3 is 2.62 bits per heavy atom. The summed E-state index contributed by atoms with van der Waals surface area (Å²) in [6, 6.07) is 0. The topological polar surface area (TPSA) is 94.8 Å². The average Bonchev–Trinajstić information content (AvgIpc) is 2.65. The predicted molar refractivity (Wildman–Crippen MR) is 78.8 cm³/mol. The molecule has 0 aromatic carbocycles. The molecule has 0 aromatic heterocycles. The molecule has 3 N–H and O–H groups in total. The van der Waals surface area contributed by atoms with E-state index in [1.807, 2.05) is 0 Å². The van der Waals surface area contributed by atoms with Gasteiger partial charge in [-0.1, -0.05) is 31.4 Å². The van der Waals surface area contributed by atoms with Gasteiger partial charge in [-0.15, -0.1) is 0 Å². The van der Waals surface area contributed by atoms with Gasteiger partial charge in [0.1, 0.15) is 5.78 Å². The molecule has 0 spiro atoms. The molecule has 4 unspecified atom stereocenters. The van der Waals surface area contributed by atoms with Gasteiger partial charge in [0.2, 0.25) is 0 Å². The number of aliphatic hydroxyl groups excluding tert-OH is 2. The highest BCUT2D eigenvalue weighted by Crippen LogP contribution is 2.34. The fourth-order valence-corrected chi connectivity index (χ4v) is 2.88. The molecule has 0 amide bonds. The van der Waals surface area contributed by atoms with Gasteiger partial charge in [-0.25, -0.2) is 0 Å². The maximum Gasteiger partial charge on any atom is 0.303 e. The Bertz CT molecular complexity index is 375. The second kappa shape index (κ2) is 8.95. The number of carbonyl (C=O) groups is 2. The summed E-state index contributed by atoms with van der Waals surface area (Å²) < 4.78 is 0. The number of Topliss-reactive ketones (excluding diaryl/α,β-unsaturated/α-hetero) is 1. The molecule has 0 aromatic rings. The number of rotatable bonds is 9. The van der Waals surface area contributed by atoms with Crippen LogP contribution in [0.5, 0.6) is 0 Å². The molecule has 120 valence electrons. The predicted octanol–water partition coefficient (Wildman–Crippen LogP) is 1.91. The summed E-state index contributed by atoms with van der Waals surface area (Å²) in [4.78, 5) is 22.3. The van der Waals surface area contributed by atoms with Gasteiger partial charge >= 0.3 is 5.97 Å². The molecule has 5 nitrogen and oxygen atoms in total. The number of carboxylic acids is 1. The van der Waals surface area contributed by atoms with Crippen LogP contribution in [-0.2, 0) is 9.59 Å². The standard InChI is InChI=1S/C16H26O5/c1-11(17)8-9-13-12(14(18)10-15(13)19)6-4-2-3-5-7-16(20)21/h8-9,11-13,15,17,19H,2-7,10H2,1H3,(H,20,21)/b9-8+.